The first kappa shape index (κ1) is 26.8. The number of aryl methyl sites for hydroxylation is 2. The van der Waals surface area contributed by atoms with Gasteiger partial charge in [-0.15, -0.1) is 11.8 Å². The summed E-state index contributed by atoms with van der Waals surface area (Å²) in [6, 6.07) is 13.7. The average Bonchev–Trinajstić information content (AvgIpc) is 2.78. The number of methoxy groups -OCH3 is 1. The summed E-state index contributed by atoms with van der Waals surface area (Å²) in [6.07, 6.45) is 1.41. The second-order valence-corrected chi connectivity index (χ2v) is 9.59. The second-order valence-electron chi connectivity index (χ2n) is 8.60. The van der Waals surface area contributed by atoms with Crippen LogP contribution in [0.5, 0.6) is 5.75 Å². The van der Waals surface area contributed by atoms with E-state index in [4.69, 9.17) is 4.74 Å². The fourth-order valence-electron chi connectivity index (χ4n) is 3.78. The summed E-state index contributed by atoms with van der Waals surface area (Å²) < 4.78 is 5.25. The lowest BCUT2D eigenvalue weighted by molar-refractivity contribution is -0.139. The lowest BCUT2D eigenvalue weighted by Crippen LogP contribution is -2.51. The summed E-state index contributed by atoms with van der Waals surface area (Å²) in [5.41, 5.74) is 4.64. The van der Waals surface area contributed by atoms with E-state index < -0.39 is 6.04 Å². The van der Waals surface area contributed by atoms with E-state index in [1.54, 1.807) is 23.8 Å². The number of carbonyl (C=O) groups is 2. The van der Waals surface area contributed by atoms with Gasteiger partial charge < -0.3 is 15.0 Å². The fraction of sp³-hybridized carbons (Fsp3) is 0.481. The van der Waals surface area contributed by atoms with Gasteiger partial charge in [-0.1, -0.05) is 55.3 Å². The smallest absolute Gasteiger partial charge is 0.243 e. The third-order valence-electron chi connectivity index (χ3n) is 5.67. The molecule has 6 heteroatoms. The van der Waals surface area contributed by atoms with Crippen LogP contribution in [0.15, 0.2) is 42.5 Å². The fourth-order valence-corrected chi connectivity index (χ4v) is 4.62. The number of thioether (sulfide) groups is 1. The van der Waals surface area contributed by atoms with Gasteiger partial charge in [-0.05, 0) is 56.9 Å². The zero-order chi connectivity index (χ0) is 24.4. The Balaban J connectivity index is 2.15. The predicted octanol–water partition coefficient (Wildman–Crippen LogP) is 5.27. The number of hydrogen-bond donors (Lipinski definition) is 1. The molecular formula is C27H38N2O3S. The van der Waals surface area contributed by atoms with E-state index >= 15 is 0 Å². The minimum Gasteiger partial charge on any atom is -0.497 e. The molecule has 0 aliphatic heterocycles. The van der Waals surface area contributed by atoms with Gasteiger partial charge >= 0.3 is 0 Å². The maximum atomic E-state index is 13.4. The maximum Gasteiger partial charge on any atom is 0.243 e. The Hall–Kier alpha value is -2.47. The van der Waals surface area contributed by atoms with Gasteiger partial charge in [0.15, 0.2) is 0 Å². The Kier molecular flexibility index (Phi) is 10.8. The molecule has 2 unspecified atom stereocenters. The summed E-state index contributed by atoms with van der Waals surface area (Å²) in [5, 5.41) is 3.05. The van der Waals surface area contributed by atoms with E-state index in [1.165, 1.54) is 16.7 Å². The Morgan fingerprint density at radius 3 is 2.18 bits per heavy atom. The van der Waals surface area contributed by atoms with Crippen molar-refractivity contribution in [3.8, 4) is 5.75 Å². The SMILES string of the molecule is CCC(C)NC(=O)C(CC)N(Cc1ccc(OC)cc1)C(=O)CSCc1cc(C)cc(C)c1. The van der Waals surface area contributed by atoms with Crippen LogP contribution in [0, 0.1) is 13.8 Å². The number of ether oxygens (including phenoxy) is 1. The third kappa shape index (κ3) is 8.43. The summed E-state index contributed by atoms with van der Waals surface area (Å²) in [4.78, 5) is 28.1. The molecule has 180 valence electrons. The average molecular weight is 471 g/mol. The summed E-state index contributed by atoms with van der Waals surface area (Å²) >= 11 is 1.59. The Bertz CT molecular complexity index is 894. The number of amides is 2. The molecule has 0 fully saturated rings. The van der Waals surface area contributed by atoms with Crippen molar-refractivity contribution in [1.82, 2.24) is 10.2 Å². The first-order valence-electron chi connectivity index (χ1n) is 11.6. The normalized spacial score (nSPS) is 12.7. The number of carbonyl (C=O) groups excluding carboxylic acids is 2. The number of rotatable bonds is 12. The molecule has 2 rings (SSSR count). The number of nitrogens with zero attached hydrogens (tertiary/aromatic N) is 1. The highest BCUT2D eigenvalue weighted by Gasteiger charge is 2.29. The third-order valence-corrected chi connectivity index (χ3v) is 6.66. The molecule has 0 saturated carbocycles. The molecular weight excluding hydrogens is 432 g/mol. The molecule has 5 nitrogen and oxygen atoms in total. The van der Waals surface area contributed by atoms with E-state index in [0.29, 0.717) is 18.7 Å². The van der Waals surface area contributed by atoms with Gasteiger partial charge in [0.05, 0.1) is 12.9 Å². The zero-order valence-electron chi connectivity index (χ0n) is 20.8. The Morgan fingerprint density at radius 1 is 1.00 bits per heavy atom. The van der Waals surface area contributed by atoms with Gasteiger partial charge in [-0.3, -0.25) is 9.59 Å². The highest BCUT2D eigenvalue weighted by molar-refractivity contribution is 7.99. The molecule has 0 aromatic heterocycles. The molecule has 33 heavy (non-hydrogen) atoms. The largest absolute Gasteiger partial charge is 0.497 e. The van der Waals surface area contributed by atoms with Crippen LogP contribution in [-0.2, 0) is 21.9 Å². The van der Waals surface area contributed by atoms with Crippen LogP contribution >= 0.6 is 11.8 Å². The van der Waals surface area contributed by atoms with Crippen LogP contribution in [0.1, 0.15) is 55.9 Å². The van der Waals surface area contributed by atoms with E-state index in [2.05, 4.69) is 37.4 Å². The van der Waals surface area contributed by atoms with Crippen molar-refractivity contribution < 1.29 is 14.3 Å². The molecule has 2 atom stereocenters. The summed E-state index contributed by atoms with van der Waals surface area (Å²) in [6.45, 7) is 10.5. The molecule has 0 spiro atoms. The molecule has 0 aliphatic rings. The summed E-state index contributed by atoms with van der Waals surface area (Å²) in [7, 11) is 1.63. The first-order chi connectivity index (χ1) is 15.8. The number of nitrogens with one attached hydrogen (secondary N) is 1. The van der Waals surface area contributed by atoms with Crippen LogP contribution in [0.25, 0.3) is 0 Å². The lowest BCUT2D eigenvalue weighted by Gasteiger charge is -2.31. The van der Waals surface area contributed by atoms with Crippen molar-refractivity contribution in [1.29, 1.82) is 0 Å². The molecule has 1 N–H and O–H groups in total. The van der Waals surface area contributed by atoms with Crippen molar-refractivity contribution in [2.45, 2.75) is 71.8 Å². The molecule has 0 bridgehead atoms. The topological polar surface area (TPSA) is 58.6 Å². The molecule has 0 radical (unpaired) electrons. The van der Waals surface area contributed by atoms with Crippen molar-refractivity contribution in [2.75, 3.05) is 12.9 Å². The minimum absolute atomic E-state index is 0.0219. The van der Waals surface area contributed by atoms with Gasteiger partial charge in [-0.2, -0.15) is 0 Å². The van der Waals surface area contributed by atoms with Gasteiger partial charge in [0.25, 0.3) is 0 Å². The van der Waals surface area contributed by atoms with Gasteiger partial charge in [0.2, 0.25) is 11.8 Å². The maximum absolute atomic E-state index is 13.4. The van der Waals surface area contributed by atoms with Crippen molar-refractivity contribution in [2.24, 2.45) is 0 Å². The molecule has 0 saturated heterocycles. The van der Waals surface area contributed by atoms with Crippen molar-refractivity contribution in [3.05, 3.63) is 64.7 Å². The highest BCUT2D eigenvalue weighted by atomic mass is 32.2. The zero-order valence-corrected chi connectivity index (χ0v) is 21.6. The standard InChI is InChI=1S/C27H38N2O3S/c1-7-21(5)28-27(31)25(8-2)29(16-22-9-11-24(32-6)12-10-22)26(30)18-33-17-23-14-19(3)13-20(4)15-23/h9-15,21,25H,7-8,16-18H2,1-6H3,(H,28,31). The monoisotopic (exact) mass is 470 g/mol. The first-order valence-corrected chi connectivity index (χ1v) is 12.8. The van der Waals surface area contributed by atoms with E-state index in [0.717, 1.165) is 23.5 Å². The van der Waals surface area contributed by atoms with E-state index in [1.807, 2.05) is 45.0 Å². The lowest BCUT2D eigenvalue weighted by atomic mass is 10.1. The second kappa shape index (κ2) is 13.3. The molecule has 2 amide bonds. The van der Waals surface area contributed by atoms with Crippen molar-refractivity contribution >= 4 is 23.6 Å². The van der Waals surface area contributed by atoms with Crippen LogP contribution in [0.2, 0.25) is 0 Å². The van der Waals surface area contributed by atoms with Crippen LogP contribution in [-0.4, -0.2) is 41.7 Å². The molecule has 2 aromatic carbocycles. The molecule has 2 aromatic rings. The van der Waals surface area contributed by atoms with Gasteiger partial charge in [0.1, 0.15) is 11.8 Å². The van der Waals surface area contributed by atoms with Gasteiger partial charge in [-0.25, -0.2) is 0 Å². The summed E-state index contributed by atoms with van der Waals surface area (Å²) in [5.74, 6) is 1.75. The van der Waals surface area contributed by atoms with Crippen LogP contribution in [0.4, 0.5) is 0 Å². The minimum atomic E-state index is -0.504. The van der Waals surface area contributed by atoms with Gasteiger partial charge in [0, 0.05) is 18.3 Å². The highest BCUT2D eigenvalue weighted by Crippen LogP contribution is 2.20. The van der Waals surface area contributed by atoms with Crippen LogP contribution < -0.4 is 10.1 Å². The van der Waals surface area contributed by atoms with E-state index in [-0.39, 0.29) is 17.9 Å². The Labute approximate surface area is 203 Å². The molecule has 0 aliphatic carbocycles. The number of hydrogen-bond acceptors (Lipinski definition) is 4. The van der Waals surface area contributed by atoms with Crippen LogP contribution in [0.3, 0.4) is 0 Å². The molecule has 0 heterocycles. The predicted molar refractivity (Wildman–Crippen MR) is 138 cm³/mol. The number of benzene rings is 2. The quantitative estimate of drug-likeness (QED) is 0.459. The van der Waals surface area contributed by atoms with Crippen molar-refractivity contribution in [3.63, 3.8) is 0 Å². The Morgan fingerprint density at radius 2 is 1.64 bits per heavy atom. The van der Waals surface area contributed by atoms with E-state index in [9.17, 15) is 9.59 Å².